The molecule has 1 amide bonds. The van der Waals surface area contributed by atoms with Crippen molar-refractivity contribution >= 4 is 55.7 Å². The molecule has 1 atom stereocenters. The number of amides is 1. The minimum atomic E-state index is -0.0703. The summed E-state index contributed by atoms with van der Waals surface area (Å²) in [5, 5.41) is 7.45. The Morgan fingerprint density at radius 1 is 1.25 bits per heavy atom. The molecule has 1 aromatic carbocycles. The van der Waals surface area contributed by atoms with Gasteiger partial charge in [0.15, 0.2) is 0 Å². The van der Waals surface area contributed by atoms with Crippen LogP contribution in [0.5, 0.6) is 11.8 Å². The van der Waals surface area contributed by atoms with Crippen molar-refractivity contribution in [1.82, 2.24) is 30.2 Å². The monoisotopic (exact) mass is 523 g/mol. The van der Waals surface area contributed by atoms with Gasteiger partial charge in [0.2, 0.25) is 17.0 Å². The van der Waals surface area contributed by atoms with Crippen molar-refractivity contribution in [3.8, 4) is 11.8 Å². The molecular formula is C25H26ClN7O2S. The van der Waals surface area contributed by atoms with E-state index in [1.807, 2.05) is 19.1 Å². The maximum Gasteiger partial charge on any atom is 0.263 e. The molecule has 0 spiro atoms. The van der Waals surface area contributed by atoms with Crippen LogP contribution in [0.25, 0.3) is 21.1 Å². The van der Waals surface area contributed by atoms with Crippen LogP contribution in [-0.2, 0) is 6.54 Å². The molecule has 0 radical (unpaired) electrons. The molecule has 186 valence electrons. The summed E-state index contributed by atoms with van der Waals surface area (Å²) in [6.45, 7) is 8.78. The van der Waals surface area contributed by atoms with Gasteiger partial charge in [0, 0.05) is 46.5 Å². The van der Waals surface area contributed by atoms with Crippen LogP contribution in [0.4, 0.5) is 5.69 Å². The molecule has 1 saturated heterocycles. The second-order valence-corrected chi connectivity index (χ2v) is 11.4. The summed E-state index contributed by atoms with van der Waals surface area (Å²) >= 11 is 7.57. The summed E-state index contributed by atoms with van der Waals surface area (Å²) < 4.78 is 7.10. The highest BCUT2D eigenvalue weighted by Gasteiger charge is 2.32. The number of likely N-dealkylation sites (tertiary alicyclic amines) is 1. The summed E-state index contributed by atoms with van der Waals surface area (Å²) in [6.07, 6.45) is 5.61. The van der Waals surface area contributed by atoms with Gasteiger partial charge in [0.25, 0.3) is 5.91 Å². The van der Waals surface area contributed by atoms with Crippen molar-refractivity contribution < 1.29 is 9.53 Å². The summed E-state index contributed by atoms with van der Waals surface area (Å²) in [4.78, 5) is 33.7. The number of aromatic nitrogens is 4. The second kappa shape index (κ2) is 8.79. The molecule has 11 heteroatoms. The van der Waals surface area contributed by atoms with Crippen LogP contribution >= 0.6 is 22.9 Å². The Labute approximate surface area is 217 Å². The Balaban J connectivity index is 1.36. The van der Waals surface area contributed by atoms with Gasteiger partial charge in [-0.25, -0.2) is 15.0 Å². The number of thiophene rings is 1. The van der Waals surface area contributed by atoms with Crippen molar-refractivity contribution in [3.05, 3.63) is 40.3 Å². The van der Waals surface area contributed by atoms with Crippen LogP contribution < -0.4 is 15.4 Å². The van der Waals surface area contributed by atoms with Crippen molar-refractivity contribution in [3.63, 3.8) is 0 Å². The molecule has 4 aromatic rings. The first kappa shape index (κ1) is 23.3. The van der Waals surface area contributed by atoms with Crippen molar-refractivity contribution in [2.45, 2.75) is 51.7 Å². The lowest BCUT2D eigenvalue weighted by molar-refractivity contribution is 0.0949. The number of hydrogen-bond acceptors (Lipinski definition) is 9. The molecule has 5 heterocycles. The van der Waals surface area contributed by atoms with E-state index in [1.165, 1.54) is 11.3 Å². The maximum absolute atomic E-state index is 12.7. The van der Waals surface area contributed by atoms with Gasteiger partial charge in [-0.05, 0) is 63.9 Å². The fraction of sp³-hybridized carbons (Fsp3) is 0.400. The first-order valence-electron chi connectivity index (χ1n) is 12.0. The molecule has 2 aliphatic rings. The lowest BCUT2D eigenvalue weighted by atomic mass is 10.0. The summed E-state index contributed by atoms with van der Waals surface area (Å²) in [7, 11) is 0. The molecule has 3 aromatic heterocycles. The van der Waals surface area contributed by atoms with E-state index in [0.29, 0.717) is 40.8 Å². The van der Waals surface area contributed by atoms with Crippen LogP contribution in [0.15, 0.2) is 24.5 Å². The van der Waals surface area contributed by atoms with Crippen LogP contribution in [0, 0.1) is 0 Å². The number of carbonyl (C=O) groups excluding carboxylic acids is 1. The zero-order valence-electron chi connectivity index (χ0n) is 20.3. The Hall–Kier alpha value is -3.08. The number of benzene rings is 1. The first-order chi connectivity index (χ1) is 17.3. The smallest absolute Gasteiger partial charge is 0.263 e. The topological polar surface area (TPSA) is 105 Å². The average molecular weight is 524 g/mol. The van der Waals surface area contributed by atoms with E-state index in [2.05, 4.69) is 39.3 Å². The Bertz CT molecular complexity index is 1510. The highest BCUT2D eigenvalue weighted by molar-refractivity contribution is 7.21. The molecule has 0 unspecified atom stereocenters. The summed E-state index contributed by atoms with van der Waals surface area (Å²) in [5.41, 5.74) is 3.14. The normalized spacial score (nSPS) is 19.7. The third kappa shape index (κ3) is 4.12. The second-order valence-electron chi connectivity index (χ2n) is 9.99. The van der Waals surface area contributed by atoms with Crippen LogP contribution in [0.2, 0.25) is 5.28 Å². The lowest BCUT2D eigenvalue weighted by Gasteiger charge is -2.31. The van der Waals surface area contributed by atoms with Crippen molar-refractivity contribution in [2.24, 2.45) is 0 Å². The number of fused-ring (bicyclic) bond motifs is 5. The predicted molar refractivity (Wildman–Crippen MR) is 141 cm³/mol. The van der Waals surface area contributed by atoms with E-state index in [1.54, 1.807) is 12.4 Å². The van der Waals surface area contributed by atoms with E-state index in [4.69, 9.17) is 26.3 Å². The number of rotatable bonds is 4. The Morgan fingerprint density at radius 2 is 2.11 bits per heavy atom. The van der Waals surface area contributed by atoms with Gasteiger partial charge in [-0.2, -0.15) is 4.98 Å². The number of ether oxygens (including phenoxy) is 1. The molecule has 2 N–H and O–H groups in total. The SMILES string of the molecule is C[C@@H]1CNc2c(sc3ccc4nc(Oc5nc(Cl)ncc5CN5CCCC5(C)C)cnc4c23)C(=O)N1. The number of halogens is 1. The van der Waals surface area contributed by atoms with Gasteiger partial charge in [0.1, 0.15) is 4.88 Å². The van der Waals surface area contributed by atoms with E-state index >= 15 is 0 Å². The molecule has 9 nitrogen and oxygen atoms in total. The summed E-state index contributed by atoms with van der Waals surface area (Å²) in [6, 6.07) is 3.90. The van der Waals surface area contributed by atoms with Gasteiger partial charge in [-0.3, -0.25) is 9.69 Å². The third-order valence-electron chi connectivity index (χ3n) is 6.94. The molecule has 0 aliphatic carbocycles. The largest absolute Gasteiger partial charge is 0.418 e. The molecule has 1 fully saturated rings. The van der Waals surface area contributed by atoms with Crippen LogP contribution in [0.3, 0.4) is 0 Å². The van der Waals surface area contributed by atoms with Crippen LogP contribution in [0.1, 0.15) is 48.8 Å². The van der Waals surface area contributed by atoms with Crippen molar-refractivity contribution in [2.75, 3.05) is 18.4 Å². The number of carbonyl (C=O) groups is 1. The van der Waals surface area contributed by atoms with Gasteiger partial charge in [-0.1, -0.05) is 0 Å². The fourth-order valence-electron chi connectivity index (χ4n) is 4.95. The molecule has 6 rings (SSSR count). The number of hydrogen-bond donors (Lipinski definition) is 2. The Morgan fingerprint density at radius 3 is 2.92 bits per heavy atom. The molecular weight excluding hydrogens is 498 g/mol. The minimum absolute atomic E-state index is 0.0354. The third-order valence-corrected chi connectivity index (χ3v) is 8.28. The standard InChI is InChI=1S/C25H26ClN7O2S/c1-13-9-27-20-18-16(36-21(20)22(34)30-13)6-5-15-19(18)28-11-17(31-15)35-23-14(10-29-24(26)32-23)12-33-8-4-7-25(33,2)3/h5-6,10-11,13,27H,4,7-9,12H2,1-3H3,(H,30,34)/t13-/m1/s1. The van der Waals surface area contributed by atoms with Crippen LogP contribution in [-0.4, -0.2) is 55.4 Å². The van der Waals surface area contributed by atoms with E-state index in [9.17, 15) is 4.79 Å². The summed E-state index contributed by atoms with van der Waals surface area (Å²) in [5.74, 6) is 0.627. The zero-order chi connectivity index (χ0) is 25.0. The average Bonchev–Trinajstić information content (AvgIpc) is 3.34. The number of nitrogens with one attached hydrogen (secondary N) is 2. The fourth-order valence-corrected chi connectivity index (χ4v) is 6.16. The highest BCUT2D eigenvalue weighted by Crippen LogP contribution is 2.40. The molecule has 0 bridgehead atoms. The van der Waals surface area contributed by atoms with E-state index in [-0.39, 0.29) is 22.8 Å². The van der Waals surface area contributed by atoms with E-state index < -0.39 is 0 Å². The quantitative estimate of drug-likeness (QED) is 0.360. The number of nitrogens with zero attached hydrogens (tertiary/aromatic N) is 5. The minimum Gasteiger partial charge on any atom is -0.418 e. The number of anilines is 1. The highest BCUT2D eigenvalue weighted by atomic mass is 35.5. The van der Waals surface area contributed by atoms with Gasteiger partial charge < -0.3 is 15.4 Å². The first-order valence-corrected chi connectivity index (χ1v) is 13.2. The Kier molecular flexibility index (Phi) is 5.70. The molecule has 2 aliphatic heterocycles. The van der Waals surface area contributed by atoms with Gasteiger partial charge >= 0.3 is 0 Å². The van der Waals surface area contributed by atoms with E-state index in [0.717, 1.165) is 40.7 Å². The van der Waals surface area contributed by atoms with Crippen molar-refractivity contribution in [1.29, 1.82) is 0 Å². The molecule has 36 heavy (non-hydrogen) atoms. The maximum atomic E-state index is 12.7. The lowest BCUT2D eigenvalue weighted by Crippen LogP contribution is -2.37. The van der Waals surface area contributed by atoms with Gasteiger partial charge in [0.05, 0.1) is 22.9 Å². The van der Waals surface area contributed by atoms with Gasteiger partial charge in [-0.15, -0.1) is 11.3 Å². The zero-order valence-corrected chi connectivity index (χ0v) is 21.8. The predicted octanol–water partition coefficient (Wildman–Crippen LogP) is 5.00. The molecule has 0 saturated carbocycles.